The van der Waals surface area contributed by atoms with Crippen molar-refractivity contribution >= 4 is 23.3 Å². The molecule has 2 atom stereocenters. The van der Waals surface area contributed by atoms with Crippen LogP contribution in [0.4, 0.5) is 5.69 Å². The lowest BCUT2D eigenvalue weighted by Gasteiger charge is -2.19. The highest BCUT2D eigenvalue weighted by Gasteiger charge is 2.25. The van der Waals surface area contributed by atoms with E-state index in [1.807, 2.05) is 12.2 Å². The molecule has 0 radical (unpaired) electrons. The van der Waals surface area contributed by atoms with E-state index in [2.05, 4.69) is 5.32 Å². The van der Waals surface area contributed by atoms with Gasteiger partial charge in [0.25, 0.3) is 5.91 Å². The van der Waals surface area contributed by atoms with E-state index in [1.165, 1.54) is 6.92 Å². The van der Waals surface area contributed by atoms with E-state index in [0.29, 0.717) is 17.7 Å². The fourth-order valence-corrected chi connectivity index (χ4v) is 2.39. The summed E-state index contributed by atoms with van der Waals surface area (Å²) in [5.74, 6) is -0.998. The highest BCUT2D eigenvalue weighted by atomic mass is 16.5. The number of hydrogen-bond donors (Lipinski definition) is 1. The predicted molar refractivity (Wildman–Crippen MR) is 87.1 cm³/mol. The molecule has 23 heavy (non-hydrogen) atoms. The third-order valence-corrected chi connectivity index (χ3v) is 3.80. The van der Waals surface area contributed by atoms with Crippen molar-refractivity contribution in [2.45, 2.75) is 39.2 Å². The van der Waals surface area contributed by atoms with Crippen LogP contribution in [-0.2, 0) is 14.3 Å². The molecule has 0 aliphatic heterocycles. The van der Waals surface area contributed by atoms with Crippen molar-refractivity contribution in [2.75, 3.05) is 5.32 Å². The van der Waals surface area contributed by atoms with Crippen LogP contribution < -0.4 is 5.32 Å². The van der Waals surface area contributed by atoms with Gasteiger partial charge < -0.3 is 10.1 Å². The van der Waals surface area contributed by atoms with Crippen LogP contribution in [0.15, 0.2) is 36.4 Å². The Hall–Kier alpha value is -2.43. The highest BCUT2D eigenvalue weighted by Crippen LogP contribution is 2.20. The topological polar surface area (TPSA) is 72.5 Å². The number of anilines is 1. The van der Waals surface area contributed by atoms with Crippen LogP contribution >= 0.6 is 0 Å². The quantitative estimate of drug-likeness (QED) is 0.515. The Balaban J connectivity index is 1.92. The Morgan fingerprint density at radius 3 is 2.70 bits per heavy atom. The molecule has 0 unspecified atom stereocenters. The van der Waals surface area contributed by atoms with Crippen LogP contribution in [0.2, 0.25) is 0 Å². The molecule has 5 heteroatoms. The first-order valence-electron chi connectivity index (χ1n) is 7.74. The molecule has 0 bridgehead atoms. The van der Waals surface area contributed by atoms with Crippen LogP contribution in [0.3, 0.4) is 0 Å². The summed E-state index contributed by atoms with van der Waals surface area (Å²) >= 11 is 0. The lowest BCUT2D eigenvalue weighted by Crippen LogP contribution is -2.32. The first-order valence-corrected chi connectivity index (χ1v) is 7.74. The van der Waals surface area contributed by atoms with Crippen molar-refractivity contribution in [3.8, 4) is 0 Å². The van der Waals surface area contributed by atoms with E-state index in [9.17, 15) is 14.4 Å². The molecule has 0 aromatic heterocycles. The standard InChI is InChI=1S/C18H21NO4/c1-12(20)15-9-6-10-16(11-15)19-17(21)13(2)23-18(22)14-7-4-3-5-8-14/h3-4,6,9-11,13-14H,5,7-8H2,1-2H3,(H,19,21)/t13-,14+/m1/s1. The number of carbonyl (C=O) groups is 3. The average molecular weight is 315 g/mol. The van der Waals surface area contributed by atoms with Crippen LogP contribution in [0, 0.1) is 5.92 Å². The molecule has 5 nitrogen and oxygen atoms in total. The lowest BCUT2D eigenvalue weighted by molar-refractivity contribution is -0.157. The second-order valence-electron chi connectivity index (χ2n) is 5.69. The monoisotopic (exact) mass is 315 g/mol. The molecule has 1 aromatic carbocycles. The van der Waals surface area contributed by atoms with Gasteiger partial charge in [0.1, 0.15) is 0 Å². The van der Waals surface area contributed by atoms with Gasteiger partial charge in [-0.2, -0.15) is 0 Å². The zero-order chi connectivity index (χ0) is 16.8. The molecule has 2 rings (SSSR count). The minimum Gasteiger partial charge on any atom is -0.452 e. The van der Waals surface area contributed by atoms with Gasteiger partial charge in [0.2, 0.25) is 0 Å². The third-order valence-electron chi connectivity index (χ3n) is 3.80. The number of esters is 1. The number of Topliss-reactive ketones (excluding diaryl/α,β-unsaturated/α-hetero) is 1. The van der Waals surface area contributed by atoms with Crippen molar-refractivity contribution in [1.29, 1.82) is 0 Å². The van der Waals surface area contributed by atoms with Gasteiger partial charge in [-0.3, -0.25) is 14.4 Å². The molecule has 0 fully saturated rings. The Bertz CT molecular complexity index is 636. The zero-order valence-electron chi connectivity index (χ0n) is 13.4. The minimum absolute atomic E-state index is 0.0778. The van der Waals surface area contributed by atoms with Gasteiger partial charge in [-0.25, -0.2) is 0 Å². The summed E-state index contributed by atoms with van der Waals surface area (Å²) in [6.07, 6.45) is 5.40. The molecular weight excluding hydrogens is 294 g/mol. The summed E-state index contributed by atoms with van der Waals surface area (Å²) in [6, 6.07) is 6.65. The molecule has 0 spiro atoms. The number of benzene rings is 1. The van der Waals surface area contributed by atoms with Gasteiger partial charge in [-0.15, -0.1) is 0 Å². The number of nitrogens with one attached hydrogen (secondary N) is 1. The van der Waals surface area contributed by atoms with Crippen LogP contribution in [0.1, 0.15) is 43.5 Å². The second kappa shape index (κ2) is 7.72. The van der Waals surface area contributed by atoms with Crippen molar-refractivity contribution in [3.63, 3.8) is 0 Å². The zero-order valence-corrected chi connectivity index (χ0v) is 13.4. The first kappa shape index (κ1) is 16.9. The van der Waals surface area contributed by atoms with Crippen molar-refractivity contribution in [2.24, 2.45) is 5.92 Å². The first-order chi connectivity index (χ1) is 11.0. The number of carbonyl (C=O) groups excluding carboxylic acids is 3. The fourth-order valence-electron chi connectivity index (χ4n) is 2.39. The predicted octanol–water partition coefficient (Wildman–Crippen LogP) is 3.12. The number of hydrogen-bond acceptors (Lipinski definition) is 4. The Kier molecular flexibility index (Phi) is 5.68. The molecule has 0 saturated heterocycles. The fraction of sp³-hybridized carbons (Fsp3) is 0.389. The highest BCUT2D eigenvalue weighted by molar-refractivity contribution is 5.98. The van der Waals surface area contributed by atoms with E-state index in [-0.39, 0.29) is 17.7 Å². The van der Waals surface area contributed by atoms with Crippen LogP contribution in [0.25, 0.3) is 0 Å². The summed E-state index contributed by atoms with van der Waals surface area (Å²) in [7, 11) is 0. The summed E-state index contributed by atoms with van der Waals surface area (Å²) in [5, 5.41) is 2.66. The Labute approximate surface area is 135 Å². The van der Waals surface area contributed by atoms with Crippen LogP contribution in [0.5, 0.6) is 0 Å². The van der Waals surface area contributed by atoms with E-state index in [1.54, 1.807) is 31.2 Å². The van der Waals surface area contributed by atoms with Crippen molar-refractivity contribution in [3.05, 3.63) is 42.0 Å². The van der Waals surface area contributed by atoms with Gasteiger partial charge >= 0.3 is 5.97 Å². The number of ether oxygens (including phenoxy) is 1. The molecule has 1 N–H and O–H groups in total. The van der Waals surface area contributed by atoms with Crippen molar-refractivity contribution < 1.29 is 19.1 Å². The van der Waals surface area contributed by atoms with E-state index in [0.717, 1.165) is 12.8 Å². The lowest BCUT2D eigenvalue weighted by atomic mass is 9.95. The van der Waals surface area contributed by atoms with Crippen LogP contribution in [-0.4, -0.2) is 23.8 Å². The molecule has 1 aromatic rings. The van der Waals surface area contributed by atoms with Gasteiger partial charge in [0.05, 0.1) is 5.92 Å². The molecular formula is C18H21NO4. The largest absolute Gasteiger partial charge is 0.452 e. The van der Waals surface area contributed by atoms with Gasteiger partial charge in [-0.05, 0) is 45.2 Å². The number of allylic oxidation sites excluding steroid dienone is 2. The number of rotatable bonds is 5. The molecule has 1 aliphatic rings. The molecule has 122 valence electrons. The SMILES string of the molecule is CC(=O)c1cccc(NC(=O)[C@@H](C)OC(=O)[C@H]2CC=CCC2)c1. The second-order valence-corrected chi connectivity index (χ2v) is 5.69. The average Bonchev–Trinajstić information content (AvgIpc) is 2.55. The smallest absolute Gasteiger partial charge is 0.310 e. The molecule has 0 heterocycles. The summed E-state index contributed by atoms with van der Waals surface area (Å²) < 4.78 is 5.25. The van der Waals surface area contributed by atoms with Crippen molar-refractivity contribution in [1.82, 2.24) is 0 Å². The van der Waals surface area contributed by atoms with E-state index in [4.69, 9.17) is 4.74 Å². The summed E-state index contributed by atoms with van der Waals surface area (Å²) in [4.78, 5) is 35.5. The maximum Gasteiger partial charge on any atom is 0.310 e. The third kappa shape index (κ3) is 4.77. The maximum atomic E-state index is 12.1. The summed E-state index contributed by atoms with van der Waals surface area (Å²) in [5.41, 5.74) is 1.02. The van der Waals surface area contributed by atoms with Gasteiger partial charge in [-0.1, -0.05) is 24.3 Å². The molecule has 1 aliphatic carbocycles. The van der Waals surface area contributed by atoms with E-state index >= 15 is 0 Å². The van der Waals surface area contributed by atoms with Gasteiger partial charge in [0, 0.05) is 11.3 Å². The van der Waals surface area contributed by atoms with Gasteiger partial charge in [0.15, 0.2) is 11.9 Å². The number of ketones is 1. The Morgan fingerprint density at radius 2 is 2.04 bits per heavy atom. The van der Waals surface area contributed by atoms with E-state index < -0.39 is 12.0 Å². The minimum atomic E-state index is -0.880. The molecule has 0 saturated carbocycles. The summed E-state index contributed by atoms with van der Waals surface area (Å²) in [6.45, 7) is 3.00. The number of amides is 1. The Morgan fingerprint density at radius 1 is 1.26 bits per heavy atom. The maximum absolute atomic E-state index is 12.1. The molecule has 1 amide bonds. The normalized spacial score (nSPS) is 18.1.